The Morgan fingerprint density at radius 3 is 3.07 bits per heavy atom. The third-order valence-electron chi connectivity index (χ3n) is 3.43. The largest absolute Gasteiger partial charge is 0.493 e. The van der Waals surface area contributed by atoms with Crippen LogP contribution < -0.4 is 10.5 Å². The third kappa shape index (κ3) is 1.86. The molecule has 3 rings (SSSR count). The molecular formula is C13H17NO. The van der Waals surface area contributed by atoms with E-state index in [9.17, 15) is 0 Å². The van der Waals surface area contributed by atoms with Crippen LogP contribution in [0.3, 0.4) is 0 Å². The zero-order chi connectivity index (χ0) is 10.3. The summed E-state index contributed by atoms with van der Waals surface area (Å²) in [6.07, 6.45) is 4.95. The summed E-state index contributed by atoms with van der Waals surface area (Å²) >= 11 is 0. The van der Waals surface area contributed by atoms with E-state index in [0.29, 0.717) is 0 Å². The fraction of sp³-hybridized carbons (Fsp3) is 0.538. The van der Waals surface area contributed by atoms with Crippen molar-refractivity contribution in [1.82, 2.24) is 0 Å². The summed E-state index contributed by atoms with van der Waals surface area (Å²) in [7, 11) is 0. The molecule has 0 spiro atoms. The van der Waals surface area contributed by atoms with E-state index >= 15 is 0 Å². The lowest BCUT2D eigenvalue weighted by Crippen LogP contribution is -2.11. The molecule has 0 radical (unpaired) electrons. The fourth-order valence-electron chi connectivity index (χ4n) is 2.29. The molecule has 1 aromatic rings. The highest BCUT2D eigenvalue weighted by Gasteiger charge is 2.25. The molecule has 1 aliphatic heterocycles. The van der Waals surface area contributed by atoms with Gasteiger partial charge in [-0.1, -0.05) is 25.0 Å². The number of rotatable bonds is 3. The van der Waals surface area contributed by atoms with Crippen LogP contribution in [0.25, 0.3) is 0 Å². The summed E-state index contributed by atoms with van der Waals surface area (Å²) < 4.78 is 5.49. The van der Waals surface area contributed by atoms with E-state index in [2.05, 4.69) is 18.2 Å². The zero-order valence-electron chi connectivity index (χ0n) is 8.91. The number of benzene rings is 1. The van der Waals surface area contributed by atoms with Crippen LogP contribution in [-0.4, -0.2) is 6.61 Å². The van der Waals surface area contributed by atoms with Gasteiger partial charge in [-0.25, -0.2) is 0 Å². The van der Waals surface area contributed by atoms with Crippen molar-refractivity contribution in [1.29, 1.82) is 0 Å². The predicted octanol–water partition coefficient (Wildman–Crippen LogP) is 2.42. The Labute approximate surface area is 90.4 Å². The molecule has 1 atom stereocenters. The minimum Gasteiger partial charge on any atom is -0.493 e. The van der Waals surface area contributed by atoms with Crippen molar-refractivity contribution in [2.45, 2.75) is 31.7 Å². The van der Waals surface area contributed by atoms with Crippen LogP contribution in [0.5, 0.6) is 5.75 Å². The molecule has 1 heterocycles. The Bertz CT molecular complexity index is 371. The van der Waals surface area contributed by atoms with Crippen LogP contribution in [-0.2, 0) is 6.42 Å². The second-order valence-electron chi connectivity index (χ2n) is 4.75. The maximum Gasteiger partial charge on any atom is 0.122 e. The highest BCUT2D eigenvalue weighted by atomic mass is 16.5. The molecule has 2 aliphatic rings. The first kappa shape index (κ1) is 9.22. The zero-order valence-corrected chi connectivity index (χ0v) is 8.91. The number of hydrogen-bond acceptors (Lipinski definition) is 2. The molecule has 0 saturated heterocycles. The topological polar surface area (TPSA) is 35.2 Å². The average Bonchev–Trinajstić information content (AvgIpc) is 2.94. The Morgan fingerprint density at radius 2 is 2.27 bits per heavy atom. The van der Waals surface area contributed by atoms with Crippen LogP contribution >= 0.6 is 0 Å². The molecule has 0 amide bonds. The number of fused-ring (bicyclic) bond motifs is 1. The van der Waals surface area contributed by atoms with E-state index in [1.54, 1.807) is 0 Å². The van der Waals surface area contributed by atoms with Gasteiger partial charge in [0.25, 0.3) is 0 Å². The van der Waals surface area contributed by atoms with E-state index < -0.39 is 0 Å². The number of nitrogens with two attached hydrogens (primary N) is 1. The van der Waals surface area contributed by atoms with Crippen LogP contribution in [0.4, 0.5) is 0 Å². The quantitative estimate of drug-likeness (QED) is 0.818. The van der Waals surface area contributed by atoms with Crippen molar-refractivity contribution in [3.63, 3.8) is 0 Å². The Balaban J connectivity index is 1.78. The van der Waals surface area contributed by atoms with Gasteiger partial charge < -0.3 is 10.5 Å². The SMILES string of the molecule is NC(CC1CC1)c1ccc2c(c1)CCO2. The van der Waals surface area contributed by atoms with E-state index in [1.807, 2.05) is 0 Å². The molecule has 15 heavy (non-hydrogen) atoms. The summed E-state index contributed by atoms with van der Waals surface area (Å²) in [5, 5.41) is 0. The van der Waals surface area contributed by atoms with Gasteiger partial charge in [0.15, 0.2) is 0 Å². The van der Waals surface area contributed by atoms with Crippen LogP contribution in [0.15, 0.2) is 18.2 Å². The molecule has 1 fully saturated rings. The maximum atomic E-state index is 6.19. The van der Waals surface area contributed by atoms with Gasteiger partial charge in [-0.3, -0.25) is 0 Å². The van der Waals surface area contributed by atoms with Gasteiger partial charge in [-0.2, -0.15) is 0 Å². The van der Waals surface area contributed by atoms with Gasteiger partial charge >= 0.3 is 0 Å². The first-order valence-electron chi connectivity index (χ1n) is 5.84. The molecule has 2 N–H and O–H groups in total. The van der Waals surface area contributed by atoms with E-state index in [1.165, 1.54) is 24.0 Å². The third-order valence-corrected chi connectivity index (χ3v) is 3.43. The number of hydrogen-bond donors (Lipinski definition) is 1. The normalized spacial score (nSPS) is 20.9. The molecule has 1 aromatic carbocycles. The lowest BCUT2D eigenvalue weighted by molar-refractivity contribution is 0.357. The van der Waals surface area contributed by atoms with Crippen LogP contribution in [0.1, 0.15) is 36.4 Å². The van der Waals surface area contributed by atoms with Crippen molar-refractivity contribution >= 4 is 0 Å². The minimum atomic E-state index is 0.225. The Hall–Kier alpha value is -1.02. The summed E-state index contributed by atoms with van der Waals surface area (Å²) in [5.41, 5.74) is 8.80. The summed E-state index contributed by atoms with van der Waals surface area (Å²) in [6, 6.07) is 6.65. The second kappa shape index (κ2) is 3.53. The molecule has 0 bridgehead atoms. The summed E-state index contributed by atoms with van der Waals surface area (Å²) in [6.45, 7) is 0.830. The Morgan fingerprint density at radius 1 is 1.40 bits per heavy atom. The lowest BCUT2D eigenvalue weighted by atomic mass is 9.99. The number of ether oxygens (including phenoxy) is 1. The molecule has 2 nitrogen and oxygen atoms in total. The predicted molar refractivity (Wildman–Crippen MR) is 59.9 cm³/mol. The molecule has 80 valence electrons. The van der Waals surface area contributed by atoms with E-state index in [0.717, 1.165) is 31.1 Å². The fourth-order valence-corrected chi connectivity index (χ4v) is 2.29. The van der Waals surface area contributed by atoms with Crippen molar-refractivity contribution < 1.29 is 4.74 Å². The molecule has 0 aromatic heterocycles. The Kier molecular flexibility index (Phi) is 2.17. The van der Waals surface area contributed by atoms with Crippen molar-refractivity contribution in [2.75, 3.05) is 6.61 Å². The highest BCUT2D eigenvalue weighted by Crippen LogP contribution is 2.37. The first-order valence-corrected chi connectivity index (χ1v) is 5.84. The lowest BCUT2D eigenvalue weighted by Gasteiger charge is -2.12. The highest BCUT2D eigenvalue weighted by molar-refractivity contribution is 5.40. The minimum absolute atomic E-state index is 0.225. The van der Waals surface area contributed by atoms with Crippen molar-refractivity contribution in [3.8, 4) is 5.75 Å². The first-order chi connectivity index (χ1) is 7.33. The molecule has 1 aliphatic carbocycles. The van der Waals surface area contributed by atoms with E-state index in [-0.39, 0.29) is 6.04 Å². The molecule has 1 saturated carbocycles. The van der Waals surface area contributed by atoms with E-state index in [4.69, 9.17) is 10.5 Å². The van der Waals surface area contributed by atoms with Crippen molar-refractivity contribution in [3.05, 3.63) is 29.3 Å². The van der Waals surface area contributed by atoms with Gasteiger partial charge in [0.05, 0.1) is 6.61 Å². The van der Waals surface area contributed by atoms with Gasteiger partial charge in [0.2, 0.25) is 0 Å². The standard InChI is InChI=1S/C13H17NO/c14-12(7-9-1-2-9)10-3-4-13-11(8-10)5-6-15-13/h3-4,8-9,12H,1-2,5-7,14H2. The van der Waals surface area contributed by atoms with Gasteiger partial charge in [0, 0.05) is 12.5 Å². The molecule has 1 unspecified atom stereocenters. The molecular weight excluding hydrogens is 186 g/mol. The van der Waals surface area contributed by atoms with Crippen LogP contribution in [0, 0.1) is 5.92 Å². The second-order valence-corrected chi connectivity index (χ2v) is 4.75. The monoisotopic (exact) mass is 203 g/mol. The molecule has 2 heteroatoms. The van der Waals surface area contributed by atoms with Gasteiger partial charge in [-0.15, -0.1) is 0 Å². The maximum absolute atomic E-state index is 6.19. The average molecular weight is 203 g/mol. The summed E-state index contributed by atoms with van der Waals surface area (Å²) in [4.78, 5) is 0. The smallest absolute Gasteiger partial charge is 0.122 e. The van der Waals surface area contributed by atoms with Crippen molar-refractivity contribution in [2.24, 2.45) is 11.7 Å². The van der Waals surface area contributed by atoms with Gasteiger partial charge in [-0.05, 0) is 29.5 Å². The van der Waals surface area contributed by atoms with Crippen LogP contribution in [0.2, 0.25) is 0 Å². The van der Waals surface area contributed by atoms with Gasteiger partial charge in [0.1, 0.15) is 5.75 Å². The summed E-state index contributed by atoms with van der Waals surface area (Å²) in [5.74, 6) is 1.95.